The number of carbonyl (C=O) groups is 3. The van der Waals surface area contributed by atoms with Gasteiger partial charge in [-0.25, -0.2) is 0 Å². The van der Waals surface area contributed by atoms with Gasteiger partial charge in [-0.1, -0.05) is 31.9 Å². The molecule has 6 heteroatoms. The minimum absolute atomic E-state index is 0.0187. The SMILES string of the molecule is CCCc1ccc(N2CC(C(=O)NCCCCCC(=O)O)CC2=O)cc1. The zero-order valence-corrected chi connectivity index (χ0v) is 15.4. The van der Waals surface area contributed by atoms with Crippen LogP contribution in [0.5, 0.6) is 0 Å². The van der Waals surface area contributed by atoms with Gasteiger partial charge in [0.15, 0.2) is 0 Å². The molecule has 2 N–H and O–H groups in total. The van der Waals surface area contributed by atoms with Crippen molar-refractivity contribution >= 4 is 23.5 Å². The quantitative estimate of drug-likeness (QED) is 0.628. The van der Waals surface area contributed by atoms with Crippen molar-refractivity contribution in [3.05, 3.63) is 29.8 Å². The number of carboxylic acids is 1. The van der Waals surface area contributed by atoms with E-state index in [1.807, 2.05) is 24.3 Å². The van der Waals surface area contributed by atoms with Crippen LogP contribution < -0.4 is 10.2 Å². The van der Waals surface area contributed by atoms with Gasteiger partial charge in [0.05, 0.1) is 5.92 Å². The normalized spacial score (nSPS) is 16.7. The molecular formula is C20H28N2O4. The highest BCUT2D eigenvalue weighted by molar-refractivity contribution is 6.00. The smallest absolute Gasteiger partial charge is 0.303 e. The Morgan fingerprint density at radius 1 is 1.19 bits per heavy atom. The first-order valence-electron chi connectivity index (χ1n) is 9.40. The lowest BCUT2D eigenvalue weighted by Gasteiger charge is -2.17. The van der Waals surface area contributed by atoms with Crippen molar-refractivity contribution in [1.29, 1.82) is 0 Å². The summed E-state index contributed by atoms with van der Waals surface area (Å²) in [6.45, 7) is 3.07. The highest BCUT2D eigenvalue weighted by atomic mass is 16.4. The molecule has 1 heterocycles. The molecule has 0 saturated carbocycles. The first-order valence-corrected chi connectivity index (χ1v) is 9.40. The van der Waals surface area contributed by atoms with Gasteiger partial charge in [-0.05, 0) is 37.0 Å². The molecule has 1 atom stereocenters. The fraction of sp³-hybridized carbons (Fsp3) is 0.550. The Kier molecular flexibility index (Phi) is 7.63. The number of carbonyl (C=O) groups excluding carboxylic acids is 2. The number of aliphatic carboxylic acids is 1. The van der Waals surface area contributed by atoms with E-state index in [0.29, 0.717) is 19.5 Å². The second kappa shape index (κ2) is 9.94. The van der Waals surface area contributed by atoms with Crippen LogP contribution in [0.25, 0.3) is 0 Å². The van der Waals surface area contributed by atoms with Crippen LogP contribution in [0.2, 0.25) is 0 Å². The number of carboxylic acid groups (broad SMARTS) is 1. The molecule has 0 bridgehead atoms. The van der Waals surface area contributed by atoms with Crippen LogP contribution in [0.1, 0.15) is 51.0 Å². The van der Waals surface area contributed by atoms with Gasteiger partial charge in [0.2, 0.25) is 11.8 Å². The van der Waals surface area contributed by atoms with E-state index in [9.17, 15) is 14.4 Å². The summed E-state index contributed by atoms with van der Waals surface area (Å²) in [5, 5.41) is 11.4. The molecule has 142 valence electrons. The number of unbranched alkanes of at least 4 members (excludes halogenated alkanes) is 2. The second-order valence-electron chi connectivity index (χ2n) is 6.82. The highest BCUT2D eigenvalue weighted by Crippen LogP contribution is 2.25. The fourth-order valence-electron chi connectivity index (χ4n) is 3.20. The van der Waals surface area contributed by atoms with Gasteiger partial charge in [0.25, 0.3) is 0 Å². The molecule has 1 unspecified atom stereocenters. The maximum Gasteiger partial charge on any atom is 0.303 e. The van der Waals surface area contributed by atoms with Crippen LogP contribution in [-0.2, 0) is 20.8 Å². The largest absolute Gasteiger partial charge is 0.481 e. The number of nitrogens with zero attached hydrogens (tertiary/aromatic N) is 1. The summed E-state index contributed by atoms with van der Waals surface area (Å²) < 4.78 is 0. The number of anilines is 1. The average Bonchev–Trinajstić information content (AvgIpc) is 3.00. The van der Waals surface area contributed by atoms with Crippen molar-refractivity contribution in [2.24, 2.45) is 5.92 Å². The van der Waals surface area contributed by atoms with E-state index in [-0.39, 0.29) is 30.6 Å². The Morgan fingerprint density at radius 3 is 2.58 bits per heavy atom. The van der Waals surface area contributed by atoms with Crippen LogP contribution >= 0.6 is 0 Å². The lowest BCUT2D eigenvalue weighted by atomic mass is 10.1. The third kappa shape index (κ3) is 5.86. The molecule has 26 heavy (non-hydrogen) atoms. The lowest BCUT2D eigenvalue weighted by molar-refractivity contribution is -0.137. The van der Waals surface area contributed by atoms with E-state index in [1.165, 1.54) is 5.56 Å². The van der Waals surface area contributed by atoms with Crippen molar-refractivity contribution in [2.75, 3.05) is 18.0 Å². The number of aryl methyl sites for hydroxylation is 1. The Bertz CT molecular complexity index is 627. The molecular weight excluding hydrogens is 332 g/mol. The van der Waals surface area contributed by atoms with E-state index in [0.717, 1.165) is 31.4 Å². The van der Waals surface area contributed by atoms with E-state index in [4.69, 9.17) is 5.11 Å². The summed E-state index contributed by atoms with van der Waals surface area (Å²) in [6, 6.07) is 7.98. The molecule has 2 amide bonds. The maximum absolute atomic E-state index is 12.3. The standard InChI is InChI=1S/C20H28N2O4/c1-2-6-15-8-10-17(11-9-15)22-14-16(13-18(22)23)20(26)21-12-5-3-4-7-19(24)25/h8-11,16H,2-7,12-14H2,1H3,(H,21,26)(H,24,25). The van der Waals surface area contributed by atoms with Gasteiger partial charge < -0.3 is 15.3 Å². The maximum atomic E-state index is 12.3. The Hall–Kier alpha value is -2.37. The zero-order valence-electron chi connectivity index (χ0n) is 15.4. The predicted octanol–water partition coefficient (Wildman–Crippen LogP) is 2.75. The number of hydrogen-bond donors (Lipinski definition) is 2. The van der Waals surface area contributed by atoms with Crippen LogP contribution in [0.3, 0.4) is 0 Å². The van der Waals surface area contributed by atoms with Crippen molar-refractivity contribution in [3.8, 4) is 0 Å². The minimum Gasteiger partial charge on any atom is -0.481 e. The summed E-state index contributed by atoms with van der Waals surface area (Å²) in [6.07, 6.45) is 4.65. The first kappa shape index (κ1) is 19.9. The van der Waals surface area contributed by atoms with Crippen molar-refractivity contribution in [3.63, 3.8) is 0 Å². The van der Waals surface area contributed by atoms with Crippen LogP contribution in [0.4, 0.5) is 5.69 Å². The fourth-order valence-corrected chi connectivity index (χ4v) is 3.20. The van der Waals surface area contributed by atoms with Gasteiger partial charge in [0, 0.05) is 31.6 Å². The van der Waals surface area contributed by atoms with Crippen molar-refractivity contribution < 1.29 is 19.5 Å². The third-order valence-corrected chi connectivity index (χ3v) is 4.65. The molecule has 1 aromatic carbocycles. The van der Waals surface area contributed by atoms with Gasteiger partial charge in [-0.2, -0.15) is 0 Å². The number of nitrogens with one attached hydrogen (secondary N) is 1. The van der Waals surface area contributed by atoms with Gasteiger partial charge >= 0.3 is 5.97 Å². The molecule has 0 radical (unpaired) electrons. The minimum atomic E-state index is -0.790. The van der Waals surface area contributed by atoms with E-state index in [2.05, 4.69) is 12.2 Å². The summed E-state index contributed by atoms with van der Waals surface area (Å²) >= 11 is 0. The molecule has 0 aliphatic carbocycles. The van der Waals surface area contributed by atoms with Gasteiger partial charge in [-0.15, -0.1) is 0 Å². The first-order chi connectivity index (χ1) is 12.5. The number of rotatable bonds is 10. The average molecular weight is 360 g/mol. The van der Waals surface area contributed by atoms with Crippen molar-refractivity contribution in [1.82, 2.24) is 5.32 Å². The molecule has 1 aromatic rings. The Labute approximate surface area is 154 Å². The Balaban J connectivity index is 1.77. The molecule has 6 nitrogen and oxygen atoms in total. The predicted molar refractivity (Wildman–Crippen MR) is 100 cm³/mol. The zero-order chi connectivity index (χ0) is 18.9. The molecule has 1 fully saturated rings. The second-order valence-corrected chi connectivity index (χ2v) is 6.82. The van der Waals surface area contributed by atoms with Gasteiger partial charge in [0.1, 0.15) is 0 Å². The van der Waals surface area contributed by atoms with E-state index < -0.39 is 5.97 Å². The lowest BCUT2D eigenvalue weighted by Crippen LogP contribution is -2.33. The van der Waals surface area contributed by atoms with E-state index in [1.54, 1.807) is 4.90 Å². The summed E-state index contributed by atoms with van der Waals surface area (Å²) in [4.78, 5) is 36.7. The van der Waals surface area contributed by atoms with Gasteiger partial charge in [-0.3, -0.25) is 14.4 Å². The van der Waals surface area contributed by atoms with E-state index >= 15 is 0 Å². The Morgan fingerprint density at radius 2 is 1.92 bits per heavy atom. The molecule has 1 aliphatic rings. The number of amides is 2. The summed E-state index contributed by atoms with van der Waals surface area (Å²) in [5.41, 5.74) is 2.10. The monoisotopic (exact) mass is 360 g/mol. The third-order valence-electron chi connectivity index (χ3n) is 4.65. The molecule has 0 spiro atoms. The van der Waals surface area contributed by atoms with Crippen LogP contribution in [0, 0.1) is 5.92 Å². The molecule has 1 aliphatic heterocycles. The van der Waals surface area contributed by atoms with Crippen LogP contribution in [0.15, 0.2) is 24.3 Å². The topological polar surface area (TPSA) is 86.7 Å². The summed E-state index contributed by atoms with van der Waals surface area (Å²) in [5.74, 6) is -1.23. The van der Waals surface area contributed by atoms with Crippen LogP contribution in [-0.4, -0.2) is 36.0 Å². The number of hydrogen-bond acceptors (Lipinski definition) is 3. The molecule has 1 saturated heterocycles. The molecule has 2 rings (SSSR count). The summed E-state index contributed by atoms with van der Waals surface area (Å²) in [7, 11) is 0. The molecule has 0 aromatic heterocycles. The number of benzene rings is 1. The van der Waals surface area contributed by atoms with Crippen molar-refractivity contribution in [2.45, 2.75) is 51.9 Å². The highest BCUT2D eigenvalue weighted by Gasteiger charge is 2.34.